The fraction of sp³-hybridized carbons (Fsp3) is 0.765. The van der Waals surface area contributed by atoms with Gasteiger partial charge in [-0.2, -0.15) is 0 Å². The van der Waals surface area contributed by atoms with Gasteiger partial charge in [-0.15, -0.1) is 0 Å². The summed E-state index contributed by atoms with van der Waals surface area (Å²) in [6, 6.07) is 0. The molecular weight excluding hydrogens is 260 g/mol. The van der Waals surface area contributed by atoms with Crippen LogP contribution in [0.15, 0.2) is 6.33 Å². The molecule has 0 aliphatic heterocycles. The lowest BCUT2D eigenvalue weighted by Gasteiger charge is -2.25. The summed E-state index contributed by atoms with van der Waals surface area (Å²) in [5, 5.41) is 3.46. The Morgan fingerprint density at radius 3 is 2.62 bits per heavy atom. The molecule has 1 aromatic heterocycles. The van der Waals surface area contributed by atoms with Crippen LogP contribution in [-0.2, 0) is 6.42 Å². The van der Waals surface area contributed by atoms with Crippen molar-refractivity contribution in [2.45, 2.75) is 58.8 Å². The van der Waals surface area contributed by atoms with Crippen molar-refractivity contribution in [2.24, 2.45) is 5.92 Å². The van der Waals surface area contributed by atoms with Crippen LogP contribution in [0.4, 0.5) is 11.6 Å². The van der Waals surface area contributed by atoms with Gasteiger partial charge in [0, 0.05) is 25.7 Å². The van der Waals surface area contributed by atoms with Crippen LogP contribution >= 0.6 is 0 Å². The van der Waals surface area contributed by atoms with Gasteiger partial charge >= 0.3 is 0 Å². The molecule has 0 amide bonds. The third-order valence-electron chi connectivity index (χ3n) is 4.33. The summed E-state index contributed by atoms with van der Waals surface area (Å²) in [6.07, 6.45) is 10.5. The van der Waals surface area contributed by atoms with Gasteiger partial charge in [0.15, 0.2) is 0 Å². The lowest BCUT2D eigenvalue weighted by Crippen LogP contribution is -2.26. The number of rotatable bonds is 8. The van der Waals surface area contributed by atoms with Crippen LogP contribution in [0.5, 0.6) is 0 Å². The molecule has 0 atom stereocenters. The van der Waals surface area contributed by atoms with Gasteiger partial charge in [0.2, 0.25) is 0 Å². The topological polar surface area (TPSA) is 41.1 Å². The largest absolute Gasteiger partial charge is 0.370 e. The van der Waals surface area contributed by atoms with Gasteiger partial charge in [0.05, 0.1) is 0 Å². The highest BCUT2D eigenvalue weighted by atomic mass is 15.2. The number of hydrogen-bond acceptors (Lipinski definition) is 4. The van der Waals surface area contributed by atoms with E-state index in [9.17, 15) is 0 Å². The lowest BCUT2D eigenvalue weighted by atomic mass is 10.1. The normalized spacial score (nSPS) is 15.4. The van der Waals surface area contributed by atoms with Crippen LogP contribution in [0.25, 0.3) is 0 Å². The molecule has 1 aromatic rings. The summed E-state index contributed by atoms with van der Waals surface area (Å²) < 4.78 is 0. The highest BCUT2D eigenvalue weighted by Gasteiger charge is 2.20. The Morgan fingerprint density at radius 2 is 1.95 bits per heavy atom. The van der Waals surface area contributed by atoms with Crippen molar-refractivity contribution in [1.82, 2.24) is 9.97 Å². The minimum absolute atomic E-state index is 0.839. The molecule has 0 radical (unpaired) electrons. The Kier molecular flexibility index (Phi) is 6.27. The Bertz CT molecular complexity index is 427. The Balaban J connectivity index is 2.15. The van der Waals surface area contributed by atoms with E-state index < -0.39 is 0 Å². The first-order valence-corrected chi connectivity index (χ1v) is 8.55. The lowest BCUT2D eigenvalue weighted by molar-refractivity contribution is 0.544. The molecule has 1 saturated carbocycles. The van der Waals surface area contributed by atoms with Crippen LogP contribution in [0, 0.1) is 5.92 Å². The Morgan fingerprint density at radius 1 is 1.19 bits per heavy atom. The summed E-state index contributed by atoms with van der Waals surface area (Å²) in [6.45, 7) is 6.50. The molecule has 1 aliphatic carbocycles. The minimum atomic E-state index is 0.839. The van der Waals surface area contributed by atoms with E-state index in [-0.39, 0.29) is 0 Å². The van der Waals surface area contributed by atoms with Gasteiger partial charge in [-0.3, -0.25) is 0 Å². The number of nitrogens with one attached hydrogen (secondary N) is 1. The molecule has 0 saturated heterocycles. The molecule has 1 heterocycles. The number of nitrogens with zero attached hydrogens (tertiary/aromatic N) is 3. The second-order valence-corrected chi connectivity index (χ2v) is 6.23. The Hall–Kier alpha value is -1.32. The van der Waals surface area contributed by atoms with E-state index in [1.54, 1.807) is 6.33 Å². The molecule has 21 heavy (non-hydrogen) atoms. The first-order chi connectivity index (χ1) is 10.3. The summed E-state index contributed by atoms with van der Waals surface area (Å²) in [7, 11) is 2.18. The van der Waals surface area contributed by atoms with Crippen LogP contribution in [-0.4, -0.2) is 30.1 Å². The van der Waals surface area contributed by atoms with Gasteiger partial charge in [0.1, 0.15) is 18.0 Å². The molecule has 0 unspecified atom stereocenters. The van der Waals surface area contributed by atoms with Crippen molar-refractivity contribution in [1.29, 1.82) is 0 Å². The second kappa shape index (κ2) is 8.20. The van der Waals surface area contributed by atoms with Crippen LogP contribution in [0.3, 0.4) is 0 Å². The second-order valence-electron chi connectivity index (χ2n) is 6.23. The third-order valence-corrected chi connectivity index (χ3v) is 4.33. The molecule has 2 rings (SSSR count). The van der Waals surface area contributed by atoms with E-state index in [0.29, 0.717) is 0 Å². The molecule has 1 aliphatic rings. The van der Waals surface area contributed by atoms with E-state index in [2.05, 4.69) is 41.1 Å². The fourth-order valence-electron chi connectivity index (χ4n) is 3.27. The van der Waals surface area contributed by atoms with Gasteiger partial charge in [0.25, 0.3) is 0 Å². The van der Waals surface area contributed by atoms with E-state index in [4.69, 9.17) is 0 Å². The van der Waals surface area contributed by atoms with Crippen LogP contribution < -0.4 is 10.2 Å². The average molecular weight is 290 g/mol. The monoisotopic (exact) mass is 290 g/mol. The number of hydrogen-bond donors (Lipinski definition) is 1. The summed E-state index contributed by atoms with van der Waals surface area (Å²) in [5.41, 5.74) is 1.29. The summed E-state index contributed by atoms with van der Waals surface area (Å²) >= 11 is 0. The molecule has 0 spiro atoms. The zero-order valence-electron chi connectivity index (χ0n) is 13.9. The molecule has 118 valence electrons. The van der Waals surface area contributed by atoms with Crippen LogP contribution in [0.1, 0.15) is 57.9 Å². The predicted octanol–water partition coefficient (Wildman–Crippen LogP) is 3.88. The molecule has 0 bridgehead atoms. The minimum Gasteiger partial charge on any atom is -0.370 e. The molecule has 4 heteroatoms. The smallest absolute Gasteiger partial charge is 0.137 e. The van der Waals surface area contributed by atoms with Crippen molar-refractivity contribution >= 4 is 11.6 Å². The van der Waals surface area contributed by atoms with E-state index in [1.165, 1.54) is 31.2 Å². The van der Waals surface area contributed by atoms with Gasteiger partial charge in [-0.25, -0.2) is 9.97 Å². The van der Waals surface area contributed by atoms with Gasteiger partial charge < -0.3 is 10.2 Å². The maximum Gasteiger partial charge on any atom is 0.137 e. The number of aromatic nitrogens is 2. The van der Waals surface area contributed by atoms with Gasteiger partial charge in [-0.1, -0.05) is 33.1 Å². The molecular formula is C17H30N4. The average Bonchev–Trinajstić information content (AvgIpc) is 2.99. The number of anilines is 2. The highest BCUT2D eigenvalue weighted by Crippen LogP contribution is 2.29. The van der Waals surface area contributed by atoms with Crippen molar-refractivity contribution in [3.63, 3.8) is 0 Å². The molecule has 1 fully saturated rings. The highest BCUT2D eigenvalue weighted by molar-refractivity contribution is 5.58. The summed E-state index contributed by atoms with van der Waals surface area (Å²) in [4.78, 5) is 11.4. The van der Waals surface area contributed by atoms with E-state index in [0.717, 1.165) is 49.9 Å². The molecule has 1 N–H and O–H groups in total. The van der Waals surface area contributed by atoms with Crippen molar-refractivity contribution < 1.29 is 0 Å². The third kappa shape index (κ3) is 4.32. The quantitative estimate of drug-likeness (QED) is 0.789. The Labute approximate surface area is 129 Å². The summed E-state index contributed by atoms with van der Waals surface area (Å²) in [5.74, 6) is 2.99. The first kappa shape index (κ1) is 16.1. The van der Waals surface area contributed by atoms with E-state index >= 15 is 0 Å². The predicted molar refractivity (Wildman–Crippen MR) is 90.0 cm³/mol. The molecule has 4 nitrogen and oxygen atoms in total. The maximum atomic E-state index is 4.58. The fourth-order valence-corrected chi connectivity index (χ4v) is 3.27. The van der Waals surface area contributed by atoms with Crippen LogP contribution in [0.2, 0.25) is 0 Å². The maximum absolute atomic E-state index is 4.58. The standard InChI is InChI=1S/C17H30N4/c1-4-8-15-16(18-11-5-2)19-13-20-17(15)21(3)12-14-9-6-7-10-14/h13-14H,4-12H2,1-3H3,(H,18,19,20). The van der Waals surface area contributed by atoms with Crippen molar-refractivity contribution in [3.05, 3.63) is 11.9 Å². The first-order valence-electron chi connectivity index (χ1n) is 8.55. The van der Waals surface area contributed by atoms with Crippen molar-refractivity contribution in [2.75, 3.05) is 30.4 Å². The molecule has 0 aromatic carbocycles. The van der Waals surface area contributed by atoms with Crippen molar-refractivity contribution in [3.8, 4) is 0 Å². The van der Waals surface area contributed by atoms with Gasteiger partial charge in [-0.05, 0) is 31.6 Å². The zero-order chi connectivity index (χ0) is 15.1. The zero-order valence-corrected chi connectivity index (χ0v) is 13.9. The van der Waals surface area contributed by atoms with E-state index in [1.807, 2.05) is 0 Å². The SMILES string of the molecule is CCCNc1ncnc(N(C)CC2CCCC2)c1CCC.